The maximum Gasteiger partial charge on any atom is 0.0705 e. The predicted molar refractivity (Wildman–Crippen MR) is 62.9 cm³/mol. The Morgan fingerprint density at radius 2 is 2.00 bits per heavy atom. The molecule has 2 aromatic rings. The van der Waals surface area contributed by atoms with Gasteiger partial charge in [0, 0.05) is 28.7 Å². The minimum atomic E-state index is 0.128. The molecule has 1 heterocycles. The second-order valence-corrected chi connectivity index (χ2v) is 3.89. The van der Waals surface area contributed by atoms with Crippen LogP contribution in [-0.4, -0.2) is 9.67 Å². The summed E-state index contributed by atoms with van der Waals surface area (Å²) in [4.78, 5) is 0. The number of aryl methyl sites for hydroxylation is 1. The molecule has 0 atom stereocenters. The molecule has 1 N–H and O–H groups in total. The van der Waals surface area contributed by atoms with Gasteiger partial charge in [-0.3, -0.25) is 0 Å². The second-order valence-electron chi connectivity index (χ2n) is 3.89. The van der Waals surface area contributed by atoms with Crippen molar-refractivity contribution in [3.63, 3.8) is 0 Å². The van der Waals surface area contributed by atoms with Crippen LogP contribution in [0.2, 0.25) is 0 Å². The van der Waals surface area contributed by atoms with Crippen LogP contribution in [0.1, 0.15) is 24.6 Å². The van der Waals surface area contributed by atoms with Crippen molar-refractivity contribution in [2.75, 3.05) is 0 Å². The molecule has 0 amide bonds. The zero-order valence-corrected chi connectivity index (χ0v) is 9.33. The summed E-state index contributed by atoms with van der Waals surface area (Å²) in [6.45, 7) is 5.41. The highest BCUT2D eigenvalue weighted by atomic mass is 16.3. The monoisotopic (exact) mass is 203 g/mol. The molecule has 2 nitrogen and oxygen atoms in total. The number of hydrogen-bond acceptors (Lipinski definition) is 1. The fourth-order valence-corrected chi connectivity index (χ4v) is 2.21. The maximum atomic E-state index is 9.38. The van der Waals surface area contributed by atoms with Gasteiger partial charge in [0.15, 0.2) is 0 Å². The van der Waals surface area contributed by atoms with Crippen LogP contribution in [0.3, 0.4) is 0 Å². The Kier molecular flexibility index (Phi) is 2.78. The van der Waals surface area contributed by atoms with Crippen LogP contribution >= 0.6 is 0 Å². The minimum Gasteiger partial charge on any atom is -0.392 e. The molecule has 0 aliphatic heterocycles. The standard InChI is InChI=1S/C13H17NO/c1-3-8-14-10(2)12(9-15)11-6-4-5-7-13(11)14/h4-7,15H,3,8-9H2,1-2H3. The van der Waals surface area contributed by atoms with Crippen molar-refractivity contribution in [3.05, 3.63) is 35.5 Å². The maximum absolute atomic E-state index is 9.38. The van der Waals surface area contributed by atoms with Gasteiger partial charge in [-0.05, 0) is 19.4 Å². The van der Waals surface area contributed by atoms with Gasteiger partial charge in [-0.25, -0.2) is 0 Å². The van der Waals surface area contributed by atoms with Gasteiger partial charge < -0.3 is 9.67 Å². The van der Waals surface area contributed by atoms with Crippen LogP contribution < -0.4 is 0 Å². The molecule has 0 radical (unpaired) electrons. The second kappa shape index (κ2) is 4.07. The highest BCUT2D eigenvalue weighted by Gasteiger charge is 2.11. The number of aliphatic hydroxyl groups is 1. The molecule has 0 aliphatic rings. The van der Waals surface area contributed by atoms with Gasteiger partial charge in [0.2, 0.25) is 0 Å². The number of aromatic nitrogens is 1. The molecule has 0 aliphatic carbocycles. The quantitative estimate of drug-likeness (QED) is 0.815. The first kappa shape index (κ1) is 10.2. The van der Waals surface area contributed by atoms with E-state index >= 15 is 0 Å². The molecule has 0 unspecified atom stereocenters. The highest BCUT2D eigenvalue weighted by Crippen LogP contribution is 2.25. The van der Waals surface area contributed by atoms with Crippen LogP contribution in [0, 0.1) is 6.92 Å². The summed E-state index contributed by atoms with van der Waals surface area (Å²) in [6.07, 6.45) is 1.12. The zero-order valence-electron chi connectivity index (χ0n) is 9.33. The molecule has 2 rings (SSSR count). The van der Waals surface area contributed by atoms with E-state index in [0.29, 0.717) is 0 Å². The van der Waals surface area contributed by atoms with Gasteiger partial charge in [-0.2, -0.15) is 0 Å². The Balaban J connectivity index is 2.72. The molecule has 2 heteroatoms. The van der Waals surface area contributed by atoms with Crippen molar-refractivity contribution in [2.45, 2.75) is 33.4 Å². The minimum absolute atomic E-state index is 0.128. The number of aliphatic hydroxyl groups excluding tert-OH is 1. The van der Waals surface area contributed by atoms with E-state index in [1.807, 2.05) is 6.07 Å². The molecule has 0 saturated carbocycles. The first-order valence-corrected chi connectivity index (χ1v) is 5.47. The van der Waals surface area contributed by atoms with E-state index in [0.717, 1.165) is 18.5 Å². The van der Waals surface area contributed by atoms with E-state index in [9.17, 15) is 5.11 Å². The Morgan fingerprint density at radius 3 is 2.67 bits per heavy atom. The van der Waals surface area contributed by atoms with Crippen molar-refractivity contribution in [1.29, 1.82) is 0 Å². The summed E-state index contributed by atoms with van der Waals surface area (Å²) in [5.74, 6) is 0. The first-order valence-electron chi connectivity index (χ1n) is 5.47. The third-order valence-electron chi connectivity index (χ3n) is 2.97. The smallest absolute Gasteiger partial charge is 0.0705 e. The third kappa shape index (κ3) is 1.55. The molecular formula is C13H17NO. The summed E-state index contributed by atoms with van der Waals surface area (Å²) in [7, 11) is 0. The molecule has 0 spiro atoms. The van der Waals surface area contributed by atoms with Gasteiger partial charge in [0.05, 0.1) is 6.61 Å². The fourth-order valence-electron chi connectivity index (χ4n) is 2.21. The zero-order chi connectivity index (χ0) is 10.8. The third-order valence-corrected chi connectivity index (χ3v) is 2.97. The number of hydrogen-bond donors (Lipinski definition) is 1. The first-order chi connectivity index (χ1) is 7.29. The number of para-hydroxylation sites is 1. The summed E-state index contributed by atoms with van der Waals surface area (Å²) >= 11 is 0. The van der Waals surface area contributed by atoms with Crippen LogP contribution in [0.4, 0.5) is 0 Å². The molecule has 1 aromatic heterocycles. The lowest BCUT2D eigenvalue weighted by molar-refractivity contribution is 0.282. The largest absolute Gasteiger partial charge is 0.392 e. The number of benzene rings is 1. The molecule has 0 fully saturated rings. The molecule has 80 valence electrons. The Bertz CT molecular complexity index is 471. The number of nitrogens with zero attached hydrogens (tertiary/aromatic N) is 1. The van der Waals surface area contributed by atoms with Gasteiger partial charge in [0.25, 0.3) is 0 Å². The average molecular weight is 203 g/mol. The van der Waals surface area contributed by atoms with Gasteiger partial charge in [-0.15, -0.1) is 0 Å². The summed E-state index contributed by atoms with van der Waals surface area (Å²) in [6, 6.07) is 8.28. The predicted octanol–water partition coefficient (Wildman–Crippen LogP) is 2.85. The molecule has 0 bridgehead atoms. The summed E-state index contributed by atoms with van der Waals surface area (Å²) in [5.41, 5.74) is 3.50. The van der Waals surface area contributed by atoms with Crippen LogP contribution in [-0.2, 0) is 13.2 Å². The molecular weight excluding hydrogens is 186 g/mol. The van der Waals surface area contributed by atoms with Gasteiger partial charge >= 0.3 is 0 Å². The van der Waals surface area contributed by atoms with E-state index in [4.69, 9.17) is 0 Å². The number of rotatable bonds is 3. The van der Waals surface area contributed by atoms with E-state index in [-0.39, 0.29) is 6.61 Å². The van der Waals surface area contributed by atoms with Crippen LogP contribution in [0.25, 0.3) is 10.9 Å². The summed E-state index contributed by atoms with van der Waals surface area (Å²) in [5, 5.41) is 10.6. The average Bonchev–Trinajstić information content (AvgIpc) is 2.53. The molecule has 15 heavy (non-hydrogen) atoms. The normalized spacial score (nSPS) is 11.1. The summed E-state index contributed by atoms with van der Waals surface area (Å²) < 4.78 is 2.29. The van der Waals surface area contributed by atoms with Crippen molar-refractivity contribution in [1.82, 2.24) is 4.57 Å². The van der Waals surface area contributed by atoms with Crippen molar-refractivity contribution < 1.29 is 5.11 Å². The molecule has 1 aromatic carbocycles. The van der Waals surface area contributed by atoms with E-state index in [1.54, 1.807) is 0 Å². The molecule has 0 saturated heterocycles. The van der Waals surface area contributed by atoms with Gasteiger partial charge in [0.1, 0.15) is 0 Å². The topological polar surface area (TPSA) is 25.2 Å². The van der Waals surface area contributed by atoms with E-state index in [2.05, 4.69) is 36.6 Å². The fraction of sp³-hybridized carbons (Fsp3) is 0.385. The Labute approximate surface area is 90.2 Å². The lowest BCUT2D eigenvalue weighted by atomic mass is 10.1. The van der Waals surface area contributed by atoms with Crippen LogP contribution in [0.15, 0.2) is 24.3 Å². The lowest BCUT2D eigenvalue weighted by Gasteiger charge is -2.05. The Hall–Kier alpha value is -1.28. The van der Waals surface area contributed by atoms with Crippen molar-refractivity contribution >= 4 is 10.9 Å². The van der Waals surface area contributed by atoms with Crippen molar-refractivity contribution in [3.8, 4) is 0 Å². The van der Waals surface area contributed by atoms with Crippen LogP contribution in [0.5, 0.6) is 0 Å². The Morgan fingerprint density at radius 1 is 1.27 bits per heavy atom. The SMILES string of the molecule is CCCn1c(C)c(CO)c2ccccc21. The highest BCUT2D eigenvalue weighted by molar-refractivity contribution is 5.85. The van der Waals surface area contributed by atoms with Crippen molar-refractivity contribution in [2.24, 2.45) is 0 Å². The lowest BCUT2D eigenvalue weighted by Crippen LogP contribution is -1.99. The van der Waals surface area contributed by atoms with E-state index in [1.165, 1.54) is 16.6 Å². The van der Waals surface area contributed by atoms with Gasteiger partial charge in [-0.1, -0.05) is 25.1 Å². The van der Waals surface area contributed by atoms with E-state index < -0.39 is 0 Å². The number of fused-ring (bicyclic) bond motifs is 1.